The van der Waals surface area contributed by atoms with Gasteiger partial charge >= 0.3 is 0 Å². The van der Waals surface area contributed by atoms with Crippen LogP contribution in [0.3, 0.4) is 0 Å². The molecule has 3 aromatic rings. The van der Waals surface area contributed by atoms with E-state index in [2.05, 4.69) is 114 Å². The second kappa shape index (κ2) is 31.7. The molecule has 0 aliphatic carbocycles. The van der Waals surface area contributed by atoms with Gasteiger partial charge in [-0.05, 0) is 34.4 Å². The Morgan fingerprint density at radius 3 is 0.514 bits per heavy atom. The molecule has 200 valence electrons. The van der Waals surface area contributed by atoms with Gasteiger partial charge in [0, 0.05) is 0 Å². The molecule has 0 saturated heterocycles. The highest BCUT2D eigenvalue weighted by molar-refractivity contribution is 5.19. The zero-order valence-corrected chi connectivity index (χ0v) is 25.9. The third kappa shape index (κ3) is 24.6. The largest absolute Gasteiger partial charge is 0.0683 e. The minimum absolute atomic E-state index is 0.659. The minimum Gasteiger partial charge on any atom is -0.0683 e. The molecule has 0 aliphatic heterocycles. The lowest BCUT2D eigenvalue weighted by atomic mass is 10.0. The van der Waals surface area contributed by atoms with Crippen molar-refractivity contribution in [3.63, 3.8) is 0 Å². The van der Waals surface area contributed by atoms with E-state index in [1.807, 2.05) is 73.6 Å². The van der Waals surface area contributed by atoms with Gasteiger partial charge in [-0.3, -0.25) is 0 Å². The summed E-state index contributed by atoms with van der Waals surface area (Å²) in [5, 5.41) is 0. The van der Waals surface area contributed by atoms with Crippen LogP contribution in [0.15, 0.2) is 91.0 Å². The monoisotopic (exact) mass is 480 g/mol. The topological polar surface area (TPSA) is 0 Å². The third-order valence-electron chi connectivity index (χ3n) is 4.40. The lowest BCUT2D eigenvalue weighted by Gasteiger charge is -2.01. The summed E-state index contributed by atoms with van der Waals surface area (Å²) in [7, 11) is 0. The Labute approximate surface area is 222 Å². The molecule has 0 aliphatic rings. The van der Waals surface area contributed by atoms with E-state index in [4.69, 9.17) is 0 Å². The minimum atomic E-state index is 0.659. The Morgan fingerprint density at radius 1 is 0.286 bits per heavy atom. The van der Waals surface area contributed by atoms with Crippen molar-refractivity contribution in [2.45, 2.75) is 115 Å². The van der Waals surface area contributed by atoms with Crippen LogP contribution in [-0.4, -0.2) is 0 Å². The summed E-state index contributed by atoms with van der Waals surface area (Å²) in [4.78, 5) is 0. The van der Waals surface area contributed by atoms with E-state index in [1.165, 1.54) is 16.7 Å². The van der Waals surface area contributed by atoms with Gasteiger partial charge in [0.1, 0.15) is 0 Å². The second-order valence-electron chi connectivity index (χ2n) is 7.70. The van der Waals surface area contributed by atoms with E-state index >= 15 is 0 Å². The molecule has 0 atom stereocenters. The first-order chi connectivity index (χ1) is 16.9. The van der Waals surface area contributed by atoms with Gasteiger partial charge in [-0.25, -0.2) is 0 Å². The average molecular weight is 481 g/mol. The molecule has 0 heteroatoms. The summed E-state index contributed by atoms with van der Waals surface area (Å²) in [6.45, 7) is 29.2. The lowest BCUT2D eigenvalue weighted by molar-refractivity contribution is 0.867. The maximum atomic E-state index is 2.20. The predicted molar refractivity (Wildman–Crippen MR) is 167 cm³/mol. The third-order valence-corrected chi connectivity index (χ3v) is 4.40. The van der Waals surface area contributed by atoms with Crippen molar-refractivity contribution >= 4 is 0 Å². The standard InChI is InChI=1S/3C9H12.4C2H6/c3*1-8(2)9-6-4-3-5-7-9;4*1-2/h3*3-8H,1-2H3;4*1-2H3. The maximum absolute atomic E-state index is 2.20. The zero-order chi connectivity index (χ0) is 28.1. The van der Waals surface area contributed by atoms with Crippen LogP contribution in [0, 0.1) is 0 Å². The highest BCUT2D eigenvalue weighted by Crippen LogP contribution is 2.13. The van der Waals surface area contributed by atoms with Crippen molar-refractivity contribution in [1.82, 2.24) is 0 Å². The highest BCUT2D eigenvalue weighted by Gasteiger charge is 1.94. The van der Waals surface area contributed by atoms with Gasteiger partial charge in [-0.2, -0.15) is 0 Å². The number of benzene rings is 3. The van der Waals surface area contributed by atoms with E-state index in [0.717, 1.165) is 0 Å². The van der Waals surface area contributed by atoms with E-state index < -0.39 is 0 Å². The van der Waals surface area contributed by atoms with Crippen molar-refractivity contribution < 1.29 is 0 Å². The zero-order valence-electron chi connectivity index (χ0n) is 25.9. The van der Waals surface area contributed by atoms with E-state index in [1.54, 1.807) is 0 Å². The molecule has 35 heavy (non-hydrogen) atoms. The highest BCUT2D eigenvalue weighted by atomic mass is 14.0. The first-order valence-corrected chi connectivity index (χ1v) is 14.1. The van der Waals surface area contributed by atoms with Crippen LogP contribution in [0.5, 0.6) is 0 Å². The lowest BCUT2D eigenvalue weighted by Crippen LogP contribution is -1.83. The smallest absolute Gasteiger partial charge is 0.0219 e. The van der Waals surface area contributed by atoms with Gasteiger partial charge in [0.05, 0.1) is 0 Å². The summed E-state index contributed by atoms with van der Waals surface area (Å²) in [6, 6.07) is 31.6. The van der Waals surface area contributed by atoms with Crippen LogP contribution in [-0.2, 0) is 0 Å². The van der Waals surface area contributed by atoms with Crippen molar-refractivity contribution in [3.8, 4) is 0 Å². The molecule has 0 nitrogen and oxygen atoms in total. The Hall–Kier alpha value is -2.34. The Morgan fingerprint density at radius 2 is 0.429 bits per heavy atom. The molecular formula is C35H60. The SMILES string of the molecule is CC.CC.CC.CC.CC(C)c1ccccc1.CC(C)c1ccccc1.CC(C)c1ccccc1. The Bertz CT molecular complexity index is 591. The maximum Gasteiger partial charge on any atom is -0.0219 e. The Kier molecular flexibility index (Phi) is 36.1. The molecule has 0 fully saturated rings. The van der Waals surface area contributed by atoms with Crippen LogP contribution in [0.2, 0.25) is 0 Å². The first kappa shape index (κ1) is 39.9. The van der Waals surface area contributed by atoms with Crippen LogP contribution in [0.25, 0.3) is 0 Å². The van der Waals surface area contributed by atoms with Gasteiger partial charge in [0.15, 0.2) is 0 Å². The van der Waals surface area contributed by atoms with E-state index in [-0.39, 0.29) is 0 Å². The van der Waals surface area contributed by atoms with Gasteiger partial charge in [-0.15, -0.1) is 0 Å². The molecule has 3 aromatic carbocycles. The second-order valence-corrected chi connectivity index (χ2v) is 7.70. The molecule has 0 spiro atoms. The van der Waals surface area contributed by atoms with Crippen LogP contribution >= 0.6 is 0 Å². The van der Waals surface area contributed by atoms with Crippen LogP contribution < -0.4 is 0 Å². The summed E-state index contributed by atoms with van der Waals surface area (Å²) < 4.78 is 0. The predicted octanol–water partition coefficient (Wildman–Crippen LogP) is 12.5. The molecule has 0 radical (unpaired) electrons. The fourth-order valence-electron chi connectivity index (χ4n) is 2.51. The average Bonchev–Trinajstić information content (AvgIpc) is 2.95. The number of rotatable bonds is 3. The molecule has 0 aromatic heterocycles. The first-order valence-electron chi connectivity index (χ1n) is 14.1. The molecule has 3 rings (SSSR count). The number of hydrogen-bond acceptors (Lipinski definition) is 0. The molecule has 0 heterocycles. The van der Waals surface area contributed by atoms with Crippen LogP contribution in [0.1, 0.15) is 131 Å². The van der Waals surface area contributed by atoms with E-state index in [0.29, 0.717) is 17.8 Å². The van der Waals surface area contributed by atoms with Gasteiger partial charge in [-0.1, -0.05) is 188 Å². The normalized spacial score (nSPS) is 8.49. The van der Waals surface area contributed by atoms with Gasteiger partial charge < -0.3 is 0 Å². The van der Waals surface area contributed by atoms with E-state index in [9.17, 15) is 0 Å². The number of hydrogen-bond donors (Lipinski definition) is 0. The summed E-state index contributed by atoms with van der Waals surface area (Å²) in [6.07, 6.45) is 0. The molecule has 0 N–H and O–H groups in total. The van der Waals surface area contributed by atoms with Crippen molar-refractivity contribution in [3.05, 3.63) is 108 Å². The van der Waals surface area contributed by atoms with Crippen molar-refractivity contribution in [2.24, 2.45) is 0 Å². The van der Waals surface area contributed by atoms with Crippen LogP contribution in [0.4, 0.5) is 0 Å². The molecule has 0 bridgehead atoms. The molecule has 0 amide bonds. The summed E-state index contributed by atoms with van der Waals surface area (Å²) >= 11 is 0. The van der Waals surface area contributed by atoms with Gasteiger partial charge in [0.25, 0.3) is 0 Å². The summed E-state index contributed by atoms with van der Waals surface area (Å²) in [5.74, 6) is 1.98. The molecule has 0 saturated carbocycles. The molecule has 0 unspecified atom stereocenters. The fraction of sp³-hybridized carbons (Fsp3) is 0.486. The fourth-order valence-corrected chi connectivity index (χ4v) is 2.51. The Balaban J connectivity index is -0.000000180. The quantitative estimate of drug-likeness (QED) is 0.349. The van der Waals surface area contributed by atoms with Gasteiger partial charge in [0.2, 0.25) is 0 Å². The summed E-state index contributed by atoms with van der Waals surface area (Å²) in [5.41, 5.74) is 4.24. The van der Waals surface area contributed by atoms with Crippen molar-refractivity contribution in [2.75, 3.05) is 0 Å². The molecular weight excluding hydrogens is 420 g/mol. The van der Waals surface area contributed by atoms with Crippen molar-refractivity contribution in [1.29, 1.82) is 0 Å².